The lowest BCUT2D eigenvalue weighted by atomic mass is 9.47. The summed E-state index contributed by atoms with van der Waals surface area (Å²) in [6.07, 6.45) is 13.2. The molecule has 0 aliphatic heterocycles. The average molecular weight is 317 g/mol. The van der Waals surface area contributed by atoms with Crippen LogP contribution in [0.2, 0.25) is 0 Å². The van der Waals surface area contributed by atoms with Gasteiger partial charge in [0.25, 0.3) is 0 Å². The molecule has 0 aromatic rings. The minimum atomic E-state index is 0.361. The van der Waals surface area contributed by atoms with Gasteiger partial charge in [0, 0.05) is 12.1 Å². The Bertz CT molecular complexity index is 510. The first-order valence-corrected chi connectivity index (χ1v) is 10.1. The minimum Gasteiger partial charge on any atom is -0.328 e. The van der Waals surface area contributed by atoms with E-state index in [1.807, 2.05) is 0 Å². The fraction of sp³-hybridized carbons (Fsp3) is 0.905. The third-order valence-electron chi connectivity index (χ3n) is 8.85. The Morgan fingerprint density at radius 3 is 2.61 bits per heavy atom. The number of nitrogens with two attached hydrogens (primary N) is 2. The zero-order valence-corrected chi connectivity index (χ0v) is 15.4. The highest BCUT2D eigenvalue weighted by Crippen LogP contribution is 2.66. The topological polar surface area (TPSA) is 52.0 Å². The van der Waals surface area contributed by atoms with E-state index in [0.29, 0.717) is 22.9 Å². The molecule has 8 atom stereocenters. The smallest absolute Gasteiger partial charge is 0.00766 e. The molecule has 4 rings (SSSR count). The first-order valence-electron chi connectivity index (χ1n) is 10.1. The van der Waals surface area contributed by atoms with E-state index in [1.165, 1.54) is 44.9 Å². The Balaban J connectivity index is 1.65. The second-order valence-corrected chi connectivity index (χ2v) is 9.85. The van der Waals surface area contributed by atoms with E-state index >= 15 is 0 Å². The van der Waals surface area contributed by atoms with Crippen molar-refractivity contribution in [2.75, 3.05) is 0 Å². The molecule has 130 valence electrons. The van der Waals surface area contributed by atoms with Crippen molar-refractivity contribution >= 4 is 0 Å². The van der Waals surface area contributed by atoms with E-state index in [1.54, 1.807) is 5.57 Å². The molecule has 0 saturated heterocycles. The first-order chi connectivity index (χ1) is 10.9. The molecule has 0 aromatic heterocycles. The van der Waals surface area contributed by atoms with Crippen molar-refractivity contribution in [2.24, 2.45) is 46.0 Å². The predicted molar refractivity (Wildman–Crippen MR) is 96.8 cm³/mol. The van der Waals surface area contributed by atoms with Gasteiger partial charge in [0.1, 0.15) is 0 Å². The van der Waals surface area contributed by atoms with Crippen molar-refractivity contribution in [3.63, 3.8) is 0 Å². The van der Waals surface area contributed by atoms with Crippen molar-refractivity contribution in [2.45, 2.75) is 84.2 Å². The summed E-state index contributed by atoms with van der Waals surface area (Å²) in [5, 5.41) is 0. The largest absolute Gasteiger partial charge is 0.328 e. The normalized spacial score (nSPS) is 53.8. The van der Waals surface area contributed by atoms with Crippen LogP contribution >= 0.6 is 0 Å². The molecule has 0 spiro atoms. The highest BCUT2D eigenvalue weighted by atomic mass is 14.7. The summed E-state index contributed by atoms with van der Waals surface area (Å²) in [5.74, 6) is 3.45. The number of fused-ring (bicyclic) bond motifs is 5. The van der Waals surface area contributed by atoms with Gasteiger partial charge >= 0.3 is 0 Å². The molecule has 4 aliphatic rings. The van der Waals surface area contributed by atoms with Gasteiger partial charge in [-0.15, -0.1) is 0 Å². The zero-order valence-electron chi connectivity index (χ0n) is 15.4. The SMILES string of the molecule is CC(N)C1CCC2C3CC=C4CC(N)CCC4(C)C3CCC12C. The molecular weight excluding hydrogens is 280 g/mol. The maximum atomic E-state index is 6.38. The number of hydrogen-bond donors (Lipinski definition) is 2. The standard InChI is InChI=1S/C21H36N2/c1-13(22)17-6-7-18-16-5-4-14-12-15(23)8-10-20(14,2)19(16)9-11-21(17,18)3/h4,13,15-19H,5-12,22-23H2,1-3H3. The van der Waals surface area contributed by atoms with E-state index in [9.17, 15) is 0 Å². The third kappa shape index (κ3) is 2.20. The van der Waals surface area contributed by atoms with Crippen molar-refractivity contribution in [1.82, 2.24) is 0 Å². The molecule has 2 heteroatoms. The number of allylic oxidation sites excluding steroid dienone is 1. The molecule has 8 unspecified atom stereocenters. The molecule has 2 nitrogen and oxygen atoms in total. The van der Waals surface area contributed by atoms with Crippen LogP contribution in [0.25, 0.3) is 0 Å². The van der Waals surface area contributed by atoms with Crippen molar-refractivity contribution in [3.8, 4) is 0 Å². The Kier molecular flexibility index (Phi) is 3.74. The summed E-state index contributed by atoms with van der Waals surface area (Å²) >= 11 is 0. The number of hydrogen-bond acceptors (Lipinski definition) is 2. The predicted octanol–water partition coefficient (Wildman–Crippen LogP) is 4.24. The van der Waals surface area contributed by atoms with Gasteiger partial charge < -0.3 is 11.5 Å². The summed E-state index contributed by atoms with van der Waals surface area (Å²) in [4.78, 5) is 0. The third-order valence-corrected chi connectivity index (χ3v) is 8.85. The lowest BCUT2D eigenvalue weighted by Gasteiger charge is -2.58. The van der Waals surface area contributed by atoms with E-state index < -0.39 is 0 Å². The zero-order chi connectivity index (χ0) is 16.4. The molecule has 0 bridgehead atoms. The van der Waals surface area contributed by atoms with Gasteiger partial charge in [0.15, 0.2) is 0 Å². The second-order valence-electron chi connectivity index (χ2n) is 9.85. The van der Waals surface area contributed by atoms with Crippen molar-refractivity contribution < 1.29 is 0 Å². The fourth-order valence-electron chi connectivity index (χ4n) is 7.59. The van der Waals surface area contributed by atoms with Gasteiger partial charge in [-0.25, -0.2) is 0 Å². The molecule has 23 heavy (non-hydrogen) atoms. The fourth-order valence-corrected chi connectivity index (χ4v) is 7.59. The maximum absolute atomic E-state index is 6.38. The Morgan fingerprint density at radius 1 is 1.09 bits per heavy atom. The van der Waals surface area contributed by atoms with Crippen LogP contribution in [0.5, 0.6) is 0 Å². The van der Waals surface area contributed by atoms with Crippen LogP contribution in [-0.2, 0) is 0 Å². The van der Waals surface area contributed by atoms with E-state index in [0.717, 1.165) is 30.1 Å². The summed E-state index contributed by atoms with van der Waals surface area (Å²) in [6.45, 7) is 7.39. The Labute approximate surface area is 142 Å². The highest BCUT2D eigenvalue weighted by Gasteiger charge is 2.58. The molecule has 3 fully saturated rings. The van der Waals surface area contributed by atoms with Crippen LogP contribution in [0.1, 0.15) is 72.1 Å². The van der Waals surface area contributed by atoms with Crippen LogP contribution in [0.3, 0.4) is 0 Å². The summed E-state index contributed by atoms with van der Waals surface area (Å²) in [6, 6.07) is 0.771. The first kappa shape index (κ1) is 16.1. The maximum Gasteiger partial charge on any atom is 0.00766 e. The quantitative estimate of drug-likeness (QED) is 0.711. The van der Waals surface area contributed by atoms with Gasteiger partial charge in [0.05, 0.1) is 0 Å². The second kappa shape index (κ2) is 5.33. The van der Waals surface area contributed by atoms with Crippen LogP contribution in [0.15, 0.2) is 11.6 Å². The summed E-state index contributed by atoms with van der Waals surface area (Å²) in [7, 11) is 0. The molecule has 4 aliphatic carbocycles. The molecule has 3 saturated carbocycles. The van der Waals surface area contributed by atoms with Gasteiger partial charge in [0.2, 0.25) is 0 Å². The van der Waals surface area contributed by atoms with Crippen LogP contribution in [0, 0.1) is 34.5 Å². The van der Waals surface area contributed by atoms with Crippen LogP contribution < -0.4 is 11.5 Å². The van der Waals surface area contributed by atoms with Gasteiger partial charge in [-0.3, -0.25) is 0 Å². The molecule has 0 heterocycles. The van der Waals surface area contributed by atoms with Crippen LogP contribution in [-0.4, -0.2) is 12.1 Å². The minimum absolute atomic E-state index is 0.361. The lowest BCUT2D eigenvalue weighted by molar-refractivity contribution is -0.0447. The molecule has 0 aromatic carbocycles. The molecule has 0 amide bonds. The number of rotatable bonds is 1. The molecule has 0 radical (unpaired) electrons. The van der Waals surface area contributed by atoms with Gasteiger partial charge in [-0.2, -0.15) is 0 Å². The van der Waals surface area contributed by atoms with Crippen molar-refractivity contribution in [1.29, 1.82) is 0 Å². The van der Waals surface area contributed by atoms with E-state index in [-0.39, 0.29) is 0 Å². The van der Waals surface area contributed by atoms with Gasteiger partial charge in [-0.05, 0) is 92.8 Å². The Hall–Kier alpha value is -0.340. The summed E-state index contributed by atoms with van der Waals surface area (Å²) in [5.41, 5.74) is 15.3. The highest BCUT2D eigenvalue weighted by molar-refractivity contribution is 5.25. The van der Waals surface area contributed by atoms with Gasteiger partial charge in [-0.1, -0.05) is 25.5 Å². The monoisotopic (exact) mass is 316 g/mol. The van der Waals surface area contributed by atoms with Crippen molar-refractivity contribution in [3.05, 3.63) is 11.6 Å². The Morgan fingerprint density at radius 2 is 1.87 bits per heavy atom. The van der Waals surface area contributed by atoms with E-state index in [2.05, 4.69) is 26.8 Å². The molecular formula is C21H36N2. The molecule has 4 N–H and O–H groups in total. The summed E-state index contributed by atoms with van der Waals surface area (Å²) < 4.78 is 0. The average Bonchev–Trinajstić information content (AvgIpc) is 2.85. The lowest BCUT2D eigenvalue weighted by Crippen LogP contribution is -2.52. The van der Waals surface area contributed by atoms with E-state index in [4.69, 9.17) is 11.5 Å². The van der Waals surface area contributed by atoms with Crippen LogP contribution in [0.4, 0.5) is 0 Å².